The monoisotopic (exact) mass is 557 g/mol. The van der Waals surface area contributed by atoms with E-state index in [0.29, 0.717) is 35.2 Å². The summed E-state index contributed by atoms with van der Waals surface area (Å²) in [6.07, 6.45) is 1.51. The van der Waals surface area contributed by atoms with Gasteiger partial charge in [-0.05, 0) is 66.3 Å². The number of carbonyl (C=O) groups is 3. The molecule has 0 radical (unpaired) electrons. The quantitative estimate of drug-likeness (QED) is 0.343. The SMILES string of the molecule is COc1ccc(C(C(=O)NCC2CCCO2)N(C(=O)c2snc(C(N)=O)c2N)c2ccc(F)cc2)cc1OC. The second-order valence-corrected chi connectivity index (χ2v) is 9.46. The number of rotatable bonds is 10. The highest BCUT2D eigenvalue weighted by molar-refractivity contribution is 7.09. The lowest BCUT2D eigenvalue weighted by atomic mass is 10.0. The van der Waals surface area contributed by atoms with Crippen molar-refractivity contribution < 1.29 is 33.0 Å². The fourth-order valence-electron chi connectivity index (χ4n) is 4.28. The third-order valence-electron chi connectivity index (χ3n) is 6.24. The molecule has 206 valence electrons. The van der Waals surface area contributed by atoms with E-state index in [1.165, 1.54) is 31.3 Å². The van der Waals surface area contributed by atoms with Crippen molar-refractivity contribution in [3.63, 3.8) is 0 Å². The summed E-state index contributed by atoms with van der Waals surface area (Å²) in [5.41, 5.74) is 11.5. The summed E-state index contributed by atoms with van der Waals surface area (Å²) in [5, 5.41) is 2.87. The van der Waals surface area contributed by atoms with Crippen LogP contribution < -0.4 is 31.2 Å². The average molecular weight is 558 g/mol. The van der Waals surface area contributed by atoms with Crippen molar-refractivity contribution in [1.82, 2.24) is 9.69 Å². The van der Waals surface area contributed by atoms with Crippen LogP contribution in [-0.2, 0) is 9.53 Å². The van der Waals surface area contributed by atoms with Gasteiger partial charge in [0.05, 0.1) is 26.0 Å². The number of anilines is 2. The van der Waals surface area contributed by atoms with Gasteiger partial charge >= 0.3 is 0 Å². The number of primary amides is 1. The van der Waals surface area contributed by atoms with E-state index in [1.54, 1.807) is 18.2 Å². The topological polar surface area (TPSA) is 159 Å². The number of carbonyl (C=O) groups excluding carboxylic acids is 3. The fourth-order valence-corrected chi connectivity index (χ4v) is 5.02. The largest absolute Gasteiger partial charge is 0.493 e. The number of amides is 3. The van der Waals surface area contributed by atoms with Gasteiger partial charge < -0.3 is 31.0 Å². The summed E-state index contributed by atoms with van der Waals surface area (Å²) in [5.74, 6) is -1.97. The average Bonchev–Trinajstić information content (AvgIpc) is 3.60. The Morgan fingerprint density at radius 2 is 1.90 bits per heavy atom. The second-order valence-electron chi connectivity index (χ2n) is 8.69. The highest BCUT2D eigenvalue weighted by Gasteiger charge is 2.37. The van der Waals surface area contributed by atoms with E-state index < -0.39 is 29.6 Å². The van der Waals surface area contributed by atoms with Crippen LogP contribution in [0.2, 0.25) is 0 Å². The molecule has 11 nitrogen and oxygen atoms in total. The summed E-state index contributed by atoms with van der Waals surface area (Å²) in [7, 11) is 2.92. The van der Waals surface area contributed by atoms with Crippen LogP contribution in [0, 0.1) is 5.82 Å². The Labute approximate surface area is 228 Å². The molecule has 0 aliphatic carbocycles. The van der Waals surface area contributed by atoms with Crippen LogP contribution in [0.15, 0.2) is 42.5 Å². The predicted octanol–water partition coefficient (Wildman–Crippen LogP) is 2.66. The van der Waals surface area contributed by atoms with Gasteiger partial charge in [-0.3, -0.25) is 19.3 Å². The number of benzene rings is 2. The lowest BCUT2D eigenvalue weighted by Gasteiger charge is -2.32. The lowest BCUT2D eigenvalue weighted by molar-refractivity contribution is -0.123. The normalized spacial score (nSPS) is 15.4. The molecule has 4 rings (SSSR count). The van der Waals surface area contributed by atoms with Crippen molar-refractivity contribution in [1.29, 1.82) is 0 Å². The Bertz CT molecular complexity index is 1360. The standard InChI is InChI=1S/C26H28FN5O6S/c1-36-18-10-5-14(12-19(18)37-2)22(25(34)30-13-17-4-3-11-38-17)32(16-8-6-15(27)7-9-16)26(35)23-20(28)21(24(29)33)31-39-23/h5-10,12,17,22H,3-4,11,13,28H2,1-2H3,(H2,29,33)(H,30,34). The van der Waals surface area contributed by atoms with Gasteiger partial charge in [0.15, 0.2) is 17.2 Å². The van der Waals surface area contributed by atoms with Gasteiger partial charge in [-0.2, -0.15) is 4.37 Å². The zero-order chi connectivity index (χ0) is 28.1. The molecule has 3 amide bonds. The minimum atomic E-state index is -1.28. The molecule has 1 aliphatic rings. The van der Waals surface area contributed by atoms with Gasteiger partial charge in [0.1, 0.15) is 16.7 Å². The van der Waals surface area contributed by atoms with Crippen molar-refractivity contribution in [2.45, 2.75) is 25.0 Å². The van der Waals surface area contributed by atoms with Gasteiger partial charge in [0, 0.05) is 18.8 Å². The zero-order valence-electron chi connectivity index (χ0n) is 21.3. The Balaban J connectivity index is 1.85. The minimum absolute atomic E-state index is 0.106. The van der Waals surface area contributed by atoms with E-state index in [-0.39, 0.29) is 34.6 Å². The van der Waals surface area contributed by atoms with E-state index in [9.17, 15) is 18.8 Å². The number of aromatic nitrogens is 1. The first-order chi connectivity index (χ1) is 18.7. The maximum absolute atomic E-state index is 14.1. The maximum Gasteiger partial charge on any atom is 0.273 e. The summed E-state index contributed by atoms with van der Waals surface area (Å²) in [6.45, 7) is 0.829. The van der Waals surface area contributed by atoms with Crippen LogP contribution in [0.1, 0.15) is 44.6 Å². The van der Waals surface area contributed by atoms with Gasteiger partial charge in [0.25, 0.3) is 11.8 Å². The summed E-state index contributed by atoms with van der Waals surface area (Å²) >= 11 is 0.673. The molecule has 2 aromatic carbocycles. The summed E-state index contributed by atoms with van der Waals surface area (Å²) in [6, 6.07) is 8.57. The van der Waals surface area contributed by atoms with Crippen LogP contribution in [-0.4, -0.2) is 55.6 Å². The number of nitrogens with two attached hydrogens (primary N) is 2. The molecule has 0 spiro atoms. The molecule has 2 unspecified atom stereocenters. The molecule has 13 heteroatoms. The van der Waals surface area contributed by atoms with Crippen molar-refractivity contribution in [2.75, 3.05) is 38.0 Å². The molecule has 1 aliphatic heterocycles. The molecule has 5 N–H and O–H groups in total. The molecule has 2 atom stereocenters. The van der Waals surface area contributed by atoms with Crippen LogP contribution in [0.4, 0.5) is 15.8 Å². The number of ether oxygens (including phenoxy) is 3. The molecule has 0 saturated carbocycles. The summed E-state index contributed by atoms with van der Waals surface area (Å²) < 4.78 is 34.2. The Morgan fingerprint density at radius 3 is 2.49 bits per heavy atom. The number of nitrogens with one attached hydrogen (secondary N) is 1. The first-order valence-corrected chi connectivity index (χ1v) is 12.8. The van der Waals surface area contributed by atoms with Crippen molar-refractivity contribution in [2.24, 2.45) is 5.73 Å². The number of halogens is 1. The van der Waals surface area contributed by atoms with Gasteiger partial charge in [-0.25, -0.2) is 4.39 Å². The molecule has 1 saturated heterocycles. The molecule has 1 fully saturated rings. The predicted molar refractivity (Wildman–Crippen MR) is 143 cm³/mol. The minimum Gasteiger partial charge on any atom is -0.493 e. The molecule has 3 aromatic rings. The Kier molecular flexibility index (Phi) is 8.62. The molecule has 0 bridgehead atoms. The first kappa shape index (κ1) is 27.8. The van der Waals surface area contributed by atoms with Crippen LogP contribution in [0.25, 0.3) is 0 Å². The first-order valence-electron chi connectivity index (χ1n) is 12.0. The van der Waals surface area contributed by atoms with Crippen molar-refractivity contribution in [3.05, 3.63) is 64.4 Å². The van der Waals surface area contributed by atoms with E-state index in [0.717, 1.165) is 25.0 Å². The highest BCUT2D eigenvalue weighted by Crippen LogP contribution is 2.36. The van der Waals surface area contributed by atoms with Gasteiger partial charge in [-0.1, -0.05) is 6.07 Å². The van der Waals surface area contributed by atoms with Gasteiger partial charge in [-0.15, -0.1) is 0 Å². The lowest BCUT2D eigenvalue weighted by Crippen LogP contribution is -2.45. The zero-order valence-corrected chi connectivity index (χ0v) is 22.1. The Hall–Kier alpha value is -4.23. The third kappa shape index (κ3) is 5.94. The van der Waals surface area contributed by atoms with E-state index in [2.05, 4.69) is 9.69 Å². The molecular weight excluding hydrogens is 529 g/mol. The molecule has 39 heavy (non-hydrogen) atoms. The number of nitrogens with zero attached hydrogens (tertiary/aromatic N) is 2. The number of hydrogen-bond donors (Lipinski definition) is 3. The van der Waals surface area contributed by atoms with Crippen LogP contribution in [0.5, 0.6) is 11.5 Å². The van der Waals surface area contributed by atoms with Crippen LogP contribution >= 0.6 is 11.5 Å². The molecular formula is C26H28FN5O6S. The van der Waals surface area contributed by atoms with Gasteiger partial charge in [0.2, 0.25) is 5.91 Å². The second kappa shape index (κ2) is 12.1. The van der Waals surface area contributed by atoms with E-state index >= 15 is 0 Å². The van der Waals surface area contributed by atoms with Crippen molar-refractivity contribution >= 4 is 40.6 Å². The third-order valence-corrected chi connectivity index (χ3v) is 7.09. The molecule has 1 aromatic heterocycles. The number of hydrogen-bond acceptors (Lipinski definition) is 9. The summed E-state index contributed by atoms with van der Waals surface area (Å²) in [4.78, 5) is 40.7. The fraction of sp³-hybridized carbons (Fsp3) is 0.308. The van der Waals surface area contributed by atoms with Crippen LogP contribution in [0.3, 0.4) is 0 Å². The highest BCUT2D eigenvalue weighted by atomic mass is 32.1. The molecule has 2 heterocycles. The Morgan fingerprint density at radius 1 is 1.18 bits per heavy atom. The van der Waals surface area contributed by atoms with E-state index in [4.69, 9.17) is 25.7 Å². The van der Waals surface area contributed by atoms with E-state index in [1.807, 2.05) is 0 Å². The maximum atomic E-state index is 14.1. The smallest absolute Gasteiger partial charge is 0.273 e. The number of methoxy groups -OCH3 is 2. The van der Waals surface area contributed by atoms with Crippen molar-refractivity contribution in [3.8, 4) is 11.5 Å². The number of nitrogen functional groups attached to an aromatic ring is 1.